The number of ether oxygens (including phenoxy) is 1. The zero-order chi connectivity index (χ0) is 30.9. The number of carbonyl (C=O) groups is 1. The fourth-order valence-electron chi connectivity index (χ4n) is 5.49. The van der Waals surface area contributed by atoms with Crippen molar-refractivity contribution in [1.29, 1.82) is 0 Å². The van der Waals surface area contributed by atoms with E-state index in [1.807, 2.05) is 19.2 Å². The molecule has 1 saturated carbocycles. The topological polar surface area (TPSA) is 101 Å². The summed E-state index contributed by atoms with van der Waals surface area (Å²) in [6.07, 6.45) is 5.82. The molecule has 0 radical (unpaired) electrons. The van der Waals surface area contributed by atoms with E-state index in [9.17, 15) is 22.0 Å². The Morgan fingerprint density at radius 1 is 1.09 bits per heavy atom. The highest BCUT2D eigenvalue weighted by molar-refractivity contribution is 7.92. The van der Waals surface area contributed by atoms with Gasteiger partial charge in [0.1, 0.15) is 28.1 Å². The molecule has 0 aliphatic heterocycles. The van der Waals surface area contributed by atoms with Crippen LogP contribution in [0.3, 0.4) is 0 Å². The maximum Gasteiger partial charge on any atom is 0.266 e. The Kier molecular flexibility index (Phi) is 9.21. The van der Waals surface area contributed by atoms with Gasteiger partial charge in [-0.25, -0.2) is 22.2 Å². The molecule has 1 fully saturated rings. The average Bonchev–Trinajstić information content (AvgIpc) is 3.35. The third-order valence-electron chi connectivity index (χ3n) is 7.69. The number of benzene rings is 2. The lowest BCUT2D eigenvalue weighted by Crippen LogP contribution is -2.44. The van der Waals surface area contributed by atoms with E-state index in [1.54, 1.807) is 36.4 Å². The first-order valence-corrected chi connectivity index (χ1v) is 16.7. The van der Waals surface area contributed by atoms with Crippen LogP contribution in [0.25, 0.3) is 21.2 Å². The molecule has 43 heavy (non-hydrogen) atoms. The van der Waals surface area contributed by atoms with Gasteiger partial charge in [0.05, 0.1) is 28.5 Å². The zero-order valence-corrected chi connectivity index (χ0v) is 26.2. The monoisotopic (exact) mass is 648 g/mol. The minimum absolute atomic E-state index is 0.00748. The summed E-state index contributed by atoms with van der Waals surface area (Å²) >= 11 is 7.41. The summed E-state index contributed by atoms with van der Waals surface area (Å²) in [4.78, 5) is 20.2. The molecule has 1 aliphatic rings. The van der Waals surface area contributed by atoms with Crippen LogP contribution >= 0.6 is 22.9 Å². The molecule has 0 atom stereocenters. The molecule has 2 heterocycles. The molecule has 0 spiro atoms. The van der Waals surface area contributed by atoms with Gasteiger partial charge in [-0.2, -0.15) is 0 Å². The molecule has 2 N–H and O–H groups in total. The summed E-state index contributed by atoms with van der Waals surface area (Å²) in [7, 11) is -0.00263. The Morgan fingerprint density at radius 3 is 2.40 bits per heavy atom. The van der Waals surface area contributed by atoms with E-state index < -0.39 is 27.6 Å². The van der Waals surface area contributed by atoms with Gasteiger partial charge in [0.25, 0.3) is 5.91 Å². The molecule has 4 aromatic rings. The molecule has 8 nitrogen and oxygen atoms in total. The second-order valence-electron chi connectivity index (χ2n) is 10.5. The minimum Gasteiger partial charge on any atom is -0.496 e. The van der Waals surface area contributed by atoms with Gasteiger partial charge >= 0.3 is 0 Å². The van der Waals surface area contributed by atoms with Crippen LogP contribution in [0.15, 0.2) is 48.7 Å². The predicted octanol–water partition coefficient (Wildman–Crippen LogP) is 6.45. The van der Waals surface area contributed by atoms with Crippen molar-refractivity contribution >= 4 is 54.8 Å². The van der Waals surface area contributed by atoms with E-state index in [2.05, 4.69) is 15.0 Å². The second kappa shape index (κ2) is 12.7. The number of nitrogens with one attached hydrogen (secondary N) is 2. The number of thiophene rings is 1. The van der Waals surface area contributed by atoms with Gasteiger partial charge < -0.3 is 15.0 Å². The Balaban J connectivity index is 1.52. The number of pyridine rings is 1. The van der Waals surface area contributed by atoms with Crippen LogP contribution in [-0.4, -0.2) is 56.7 Å². The molecule has 2 aromatic heterocycles. The quantitative estimate of drug-likeness (QED) is 0.216. The summed E-state index contributed by atoms with van der Waals surface area (Å²) < 4.78 is 60.4. The maximum absolute atomic E-state index is 14.7. The zero-order valence-electron chi connectivity index (χ0n) is 23.8. The third kappa shape index (κ3) is 6.77. The van der Waals surface area contributed by atoms with Crippen LogP contribution in [0, 0.1) is 11.6 Å². The second-order valence-corrected chi connectivity index (χ2v) is 13.7. The van der Waals surface area contributed by atoms with Crippen molar-refractivity contribution in [2.45, 2.75) is 44.3 Å². The highest BCUT2D eigenvalue weighted by Gasteiger charge is 2.33. The predicted molar refractivity (Wildman–Crippen MR) is 166 cm³/mol. The van der Waals surface area contributed by atoms with Crippen molar-refractivity contribution in [3.8, 4) is 16.9 Å². The number of rotatable bonds is 9. The number of aromatic nitrogens is 1. The molecule has 1 aliphatic carbocycles. The molecule has 13 heteroatoms. The normalized spacial score (nSPS) is 17.2. The van der Waals surface area contributed by atoms with Crippen LogP contribution in [0.5, 0.6) is 5.75 Å². The number of anilines is 1. The number of sulfonamides is 1. The van der Waals surface area contributed by atoms with E-state index >= 15 is 0 Å². The molecule has 228 valence electrons. The summed E-state index contributed by atoms with van der Waals surface area (Å²) in [6.45, 7) is 0.168. The van der Waals surface area contributed by atoms with Crippen LogP contribution < -0.4 is 14.8 Å². The van der Waals surface area contributed by atoms with Crippen molar-refractivity contribution in [2.24, 2.45) is 0 Å². The van der Waals surface area contributed by atoms with E-state index in [0.717, 1.165) is 72.1 Å². The molecule has 5 rings (SSSR count). The molecule has 2 aromatic carbocycles. The summed E-state index contributed by atoms with van der Waals surface area (Å²) in [6, 6.07) is 11.1. The van der Waals surface area contributed by atoms with Gasteiger partial charge in [-0.3, -0.25) is 9.52 Å². The van der Waals surface area contributed by atoms with Crippen molar-refractivity contribution in [3.63, 3.8) is 0 Å². The largest absolute Gasteiger partial charge is 0.496 e. The average molecular weight is 649 g/mol. The van der Waals surface area contributed by atoms with Crippen LogP contribution in [0.4, 0.5) is 14.6 Å². The van der Waals surface area contributed by atoms with Gasteiger partial charge in [0.15, 0.2) is 0 Å². The summed E-state index contributed by atoms with van der Waals surface area (Å²) in [5.74, 6) is -0.957. The number of fused-ring (bicyclic) bond motifs is 1. The molecule has 0 unspecified atom stereocenters. The van der Waals surface area contributed by atoms with Crippen molar-refractivity contribution < 1.29 is 26.7 Å². The number of hydrogen-bond donors (Lipinski definition) is 2. The lowest BCUT2D eigenvalue weighted by atomic mass is 9.89. The highest BCUT2D eigenvalue weighted by atomic mass is 35.5. The Labute approximate surface area is 258 Å². The van der Waals surface area contributed by atoms with Crippen molar-refractivity contribution in [3.05, 3.63) is 75.8 Å². The summed E-state index contributed by atoms with van der Waals surface area (Å²) in [5, 5.41) is 3.12. The minimum atomic E-state index is -3.47. The van der Waals surface area contributed by atoms with E-state index in [0.29, 0.717) is 11.8 Å². The molecular weight excluding hydrogens is 618 g/mol. The van der Waals surface area contributed by atoms with E-state index in [1.165, 1.54) is 0 Å². The first-order valence-electron chi connectivity index (χ1n) is 13.6. The Bertz CT molecular complexity index is 1760. The first-order chi connectivity index (χ1) is 20.5. The van der Waals surface area contributed by atoms with E-state index in [4.69, 9.17) is 16.3 Å². The highest BCUT2D eigenvalue weighted by Crippen LogP contribution is 2.40. The number of carbonyl (C=O) groups excluding carboxylic acids is 1. The lowest BCUT2D eigenvalue weighted by Gasteiger charge is -2.37. The lowest BCUT2D eigenvalue weighted by molar-refractivity contribution is 0.0604. The van der Waals surface area contributed by atoms with Crippen molar-refractivity contribution in [2.75, 3.05) is 25.1 Å². The maximum atomic E-state index is 14.7. The SMILES string of the molecule is CN[C@H]1CC[C@@H](N(Cc2cc(-c3ccc(NS(C)(=O)=O)nc3)ccc2OC)C(=O)c2sc3c(F)ccc(F)c3c2Cl)CC1. The molecule has 0 saturated heterocycles. The van der Waals surface area contributed by atoms with E-state index in [-0.39, 0.29) is 38.4 Å². The number of methoxy groups -OCH3 is 1. The molecule has 0 bridgehead atoms. The molecular formula is C30H31ClF2N4O4S2. The fraction of sp³-hybridized carbons (Fsp3) is 0.333. The summed E-state index contributed by atoms with van der Waals surface area (Å²) in [5.41, 5.74) is 2.23. The fourth-order valence-corrected chi connectivity index (χ4v) is 7.49. The van der Waals surface area contributed by atoms with Gasteiger partial charge in [0.2, 0.25) is 10.0 Å². The third-order valence-corrected chi connectivity index (χ3v) is 9.95. The van der Waals surface area contributed by atoms with Crippen molar-refractivity contribution in [1.82, 2.24) is 15.2 Å². The molecule has 1 amide bonds. The van der Waals surface area contributed by atoms with Gasteiger partial charge in [-0.15, -0.1) is 11.3 Å². The van der Waals surface area contributed by atoms with Crippen LogP contribution in [-0.2, 0) is 16.6 Å². The Hall–Kier alpha value is -3.32. The van der Waals surface area contributed by atoms with Gasteiger partial charge in [-0.05, 0) is 74.7 Å². The van der Waals surface area contributed by atoms with Crippen LogP contribution in [0.2, 0.25) is 5.02 Å². The number of halogens is 3. The first kappa shape index (κ1) is 31.1. The smallest absolute Gasteiger partial charge is 0.266 e. The standard InChI is InChI=1S/C30H31ClF2N4O4S2/c1-34-20-6-8-21(9-7-20)37(30(38)29-27(31)26-22(32)10-11-23(33)28(26)42-29)16-19-14-17(4-12-24(19)41-2)18-5-13-25(35-15-18)36-43(3,39)40/h4-5,10-15,20-21,34H,6-9,16H2,1-3H3,(H,35,36)/t20-,21+. The van der Waals surface area contributed by atoms with Gasteiger partial charge in [-0.1, -0.05) is 17.7 Å². The van der Waals surface area contributed by atoms with Gasteiger partial charge in [0, 0.05) is 36.0 Å². The number of hydrogen-bond acceptors (Lipinski definition) is 7. The number of amides is 1. The Morgan fingerprint density at radius 2 is 1.79 bits per heavy atom. The van der Waals surface area contributed by atoms with Crippen LogP contribution in [0.1, 0.15) is 40.9 Å². The number of nitrogens with zero attached hydrogens (tertiary/aromatic N) is 2.